The maximum atomic E-state index is 5.75. The first kappa shape index (κ1) is 15.6. The molecule has 0 saturated heterocycles. The van der Waals surface area contributed by atoms with Crippen LogP contribution in [0.25, 0.3) is 0 Å². The molecule has 0 aliphatic heterocycles. The molecule has 1 heterocycles. The van der Waals surface area contributed by atoms with Crippen molar-refractivity contribution in [2.75, 3.05) is 0 Å². The van der Waals surface area contributed by atoms with Crippen molar-refractivity contribution in [3.05, 3.63) is 16.1 Å². The molecule has 0 bridgehead atoms. The second-order valence-corrected chi connectivity index (χ2v) is 6.69. The van der Waals surface area contributed by atoms with E-state index in [1.165, 1.54) is 6.42 Å². The zero-order valence-corrected chi connectivity index (χ0v) is 13.1. The molecule has 0 radical (unpaired) electrons. The first-order valence-corrected chi connectivity index (χ1v) is 7.58. The molecule has 1 unspecified atom stereocenters. The summed E-state index contributed by atoms with van der Waals surface area (Å²) in [6, 6.07) is 0. The third-order valence-electron chi connectivity index (χ3n) is 2.58. The molecular weight excluding hydrogens is 244 g/mol. The Kier molecular flexibility index (Phi) is 6.26. The van der Waals surface area contributed by atoms with Gasteiger partial charge in [-0.2, -0.15) is 0 Å². The topological polar surface area (TPSA) is 34.1 Å². The molecule has 1 N–H and O–H groups in total. The Morgan fingerprint density at radius 3 is 2.78 bits per heavy atom. The molecular formula is C14H26N2OS. The Bertz CT molecular complexity index is 344. The van der Waals surface area contributed by atoms with Crippen LogP contribution in [0.4, 0.5) is 0 Å². The minimum Gasteiger partial charge on any atom is -0.372 e. The average Bonchev–Trinajstić information content (AvgIpc) is 2.71. The summed E-state index contributed by atoms with van der Waals surface area (Å²) in [5.74, 6) is 0. The maximum Gasteiger partial charge on any atom is 0.107 e. The van der Waals surface area contributed by atoms with Gasteiger partial charge in [-0.25, -0.2) is 4.98 Å². The van der Waals surface area contributed by atoms with E-state index in [9.17, 15) is 0 Å². The normalized spacial score (nSPS) is 13.8. The number of nitrogens with one attached hydrogen (secondary N) is 1. The highest BCUT2D eigenvalue weighted by Crippen LogP contribution is 2.13. The third-order valence-corrected chi connectivity index (χ3v) is 3.48. The first-order valence-electron chi connectivity index (χ1n) is 6.70. The van der Waals surface area contributed by atoms with Gasteiger partial charge in [0, 0.05) is 17.5 Å². The molecule has 4 heteroatoms. The summed E-state index contributed by atoms with van der Waals surface area (Å²) < 4.78 is 5.75. The summed E-state index contributed by atoms with van der Waals surface area (Å²) in [4.78, 5) is 4.58. The summed E-state index contributed by atoms with van der Waals surface area (Å²) in [5.41, 5.74) is 1.19. The second kappa shape index (κ2) is 7.22. The van der Waals surface area contributed by atoms with E-state index in [-0.39, 0.29) is 5.54 Å². The van der Waals surface area contributed by atoms with Crippen molar-refractivity contribution in [1.82, 2.24) is 10.3 Å². The van der Waals surface area contributed by atoms with Crippen molar-refractivity contribution in [2.24, 2.45) is 0 Å². The van der Waals surface area contributed by atoms with Crippen molar-refractivity contribution in [3.8, 4) is 0 Å². The van der Waals surface area contributed by atoms with Gasteiger partial charge in [-0.15, -0.1) is 11.3 Å². The van der Waals surface area contributed by atoms with Gasteiger partial charge in [-0.1, -0.05) is 13.3 Å². The minimum absolute atomic E-state index is 0.137. The van der Waals surface area contributed by atoms with Crippen molar-refractivity contribution < 1.29 is 4.74 Å². The molecule has 0 amide bonds. The van der Waals surface area contributed by atoms with Crippen LogP contribution in [0.1, 0.15) is 58.2 Å². The van der Waals surface area contributed by atoms with Crippen LogP contribution < -0.4 is 5.32 Å². The van der Waals surface area contributed by atoms with Gasteiger partial charge in [0.15, 0.2) is 0 Å². The number of nitrogens with zero attached hydrogens (tertiary/aromatic N) is 1. The van der Waals surface area contributed by atoms with Crippen LogP contribution in [0.2, 0.25) is 0 Å². The number of thiazole rings is 1. The molecule has 18 heavy (non-hydrogen) atoms. The van der Waals surface area contributed by atoms with Gasteiger partial charge in [0.05, 0.1) is 18.4 Å². The fraction of sp³-hybridized carbons (Fsp3) is 0.786. The van der Waals surface area contributed by atoms with Gasteiger partial charge in [-0.05, 0) is 34.1 Å². The molecule has 0 aliphatic rings. The number of hydrogen-bond donors (Lipinski definition) is 1. The molecule has 3 nitrogen and oxygen atoms in total. The number of rotatable bonds is 7. The lowest BCUT2D eigenvalue weighted by atomic mass is 10.1. The summed E-state index contributed by atoms with van der Waals surface area (Å²) in [7, 11) is 0. The summed E-state index contributed by atoms with van der Waals surface area (Å²) in [6.45, 7) is 12.3. The minimum atomic E-state index is 0.137. The van der Waals surface area contributed by atoms with Crippen molar-refractivity contribution >= 4 is 11.3 Å². The van der Waals surface area contributed by atoms with Crippen molar-refractivity contribution in [2.45, 2.75) is 72.3 Å². The van der Waals surface area contributed by atoms with Crippen LogP contribution in [0.5, 0.6) is 0 Å². The number of ether oxygens (including phenoxy) is 1. The van der Waals surface area contributed by atoms with E-state index in [1.54, 1.807) is 11.3 Å². The van der Waals surface area contributed by atoms with E-state index in [2.05, 4.69) is 50.3 Å². The SMILES string of the molecule is CCCC(C)OCc1csc(CNC(C)(C)C)n1. The predicted octanol–water partition coefficient (Wildman–Crippen LogP) is 3.74. The number of hydrogen-bond acceptors (Lipinski definition) is 4. The lowest BCUT2D eigenvalue weighted by molar-refractivity contribution is 0.0454. The summed E-state index contributed by atoms with van der Waals surface area (Å²) >= 11 is 1.70. The van der Waals surface area contributed by atoms with Crippen LogP contribution in [0.15, 0.2) is 5.38 Å². The zero-order chi connectivity index (χ0) is 13.6. The van der Waals surface area contributed by atoms with Crippen LogP contribution >= 0.6 is 11.3 Å². The monoisotopic (exact) mass is 270 g/mol. The Labute approximate surface area is 115 Å². The highest BCUT2D eigenvalue weighted by Gasteiger charge is 2.10. The quantitative estimate of drug-likeness (QED) is 0.819. The lowest BCUT2D eigenvalue weighted by Gasteiger charge is -2.19. The van der Waals surface area contributed by atoms with Gasteiger partial charge in [0.2, 0.25) is 0 Å². The molecule has 0 aromatic carbocycles. The maximum absolute atomic E-state index is 5.75. The second-order valence-electron chi connectivity index (χ2n) is 5.75. The van der Waals surface area contributed by atoms with Crippen molar-refractivity contribution in [3.63, 3.8) is 0 Å². The molecule has 1 atom stereocenters. The van der Waals surface area contributed by atoms with E-state index in [0.717, 1.165) is 23.7 Å². The molecule has 0 saturated carbocycles. The van der Waals surface area contributed by atoms with E-state index in [0.29, 0.717) is 12.7 Å². The Hall–Kier alpha value is -0.450. The lowest BCUT2D eigenvalue weighted by Crippen LogP contribution is -2.35. The zero-order valence-electron chi connectivity index (χ0n) is 12.2. The van der Waals surface area contributed by atoms with Crippen LogP contribution in [-0.4, -0.2) is 16.6 Å². The van der Waals surface area contributed by atoms with Crippen molar-refractivity contribution in [1.29, 1.82) is 0 Å². The molecule has 104 valence electrons. The Morgan fingerprint density at radius 1 is 1.44 bits per heavy atom. The smallest absolute Gasteiger partial charge is 0.107 e. The molecule has 0 fully saturated rings. The predicted molar refractivity (Wildman–Crippen MR) is 77.9 cm³/mol. The van der Waals surface area contributed by atoms with Gasteiger partial charge >= 0.3 is 0 Å². The van der Waals surface area contributed by atoms with E-state index < -0.39 is 0 Å². The van der Waals surface area contributed by atoms with Crippen LogP contribution in [-0.2, 0) is 17.9 Å². The molecule has 1 aromatic heterocycles. The molecule has 0 spiro atoms. The highest BCUT2D eigenvalue weighted by atomic mass is 32.1. The van der Waals surface area contributed by atoms with Gasteiger partial charge in [-0.3, -0.25) is 0 Å². The third kappa shape index (κ3) is 6.47. The largest absolute Gasteiger partial charge is 0.372 e. The van der Waals surface area contributed by atoms with E-state index in [4.69, 9.17) is 4.74 Å². The summed E-state index contributed by atoms with van der Waals surface area (Å²) in [5, 5.41) is 6.67. The van der Waals surface area contributed by atoms with Gasteiger partial charge in [0.1, 0.15) is 5.01 Å². The highest BCUT2D eigenvalue weighted by molar-refractivity contribution is 7.09. The van der Waals surface area contributed by atoms with E-state index in [1.807, 2.05) is 0 Å². The number of aromatic nitrogens is 1. The first-order chi connectivity index (χ1) is 8.40. The van der Waals surface area contributed by atoms with E-state index >= 15 is 0 Å². The van der Waals surface area contributed by atoms with Gasteiger partial charge in [0.25, 0.3) is 0 Å². The fourth-order valence-corrected chi connectivity index (χ4v) is 2.27. The Balaban J connectivity index is 2.34. The van der Waals surface area contributed by atoms with Gasteiger partial charge < -0.3 is 10.1 Å². The average molecular weight is 270 g/mol. The molecule has 0 aliphatic carbocycles. The van der Waals surface area contributed by atoms with Crippen LogP contribution in [0, 0.1) is 0 Å². The Morgan fingerprint density at radius 2 is 2.17 bits per heavy atom. The molecule has 1 aromatic rings. The fourth-order valence-electron chi connectivity index (χ4n) is 1.55. The van der Waals surface area contributed by atoms with Crippen LogP contribution in [0.3, 0.4) is 0 Å². The molecule has 1 rings (SSSR count). The summed E-state index contributed by atoms with van der Waals surface area (Å²) in [6.07, 6.45) is 2.61. The standard InChI is InChI=1S/C14H26N2OS/c1-6-7-11(2)17-9-12-10-18-13(16-12)8-15-14(3,4)5/h10-11,15H,6-9H2,1-5H3.